The molecule has 0 aliphatic rings. The molecule has 0 unspecified atom stereocenters. The predicted molar refractivity (Wildman–Crippen MR) is 69.3 cm³/mol. The van der Waals surface area contributed by atoms with E-state index in [0.29, 0.717) is 25.0 Å². The van der Waals surface area contributed by atoms with Crippen LogP contribution in [-0.2, 0) is 4.74 Å². The number of rotatable bonds is 6. The van der Waals surface area contributed by atoms with Crippen LogP contribution in [0, 0.1) is 0 Å². The molecule has 1 N–H and O–H groups in total. The summed E-state index contributed by atoms with van der Waals surface area (Å²) in [6.07, 6.45) is 3.06. The van der Waals surface area contributed by atoms with Gasteiger partial charge in [-0.2, -0.15) is 24.7 Å². The van der Waals surface area contributed by atoms with Crippen molar-refractivity contribution in [3.8, 4) is 5.95 Å². The molecule has 2 heterocycles. The molecule has 0 saturated carbocycles. The zero-order valence-electron chi connectivity index (χ0n) is 10.6. The van der Waals surface area contributed by atoms with E-state index in [4.69, 9.17) is 16.3 Å². The fourth-order valence-corrected chi connectivity index (χ4v) is 1.45. The summed E-state index contributed by atoms with van der Waals surface area (Å²) in [4.78, 5) is 15.9. The maximum atomic E-state index is 5.84. The van der Waals surface area contributed by atoms with Gasteiger partial charge < -0.3 is 10.1 Å². The molecule has 102 valence electrons. The molecule has 0 saturated heterocycles. The van der Waals surface area contributed by atoms with Crippen molar-refractivity contribution in [1.82, 2.24) is 29.7 Å². The van der Waals surface area contributed by atoms with Crippen LogP contribution in [0.5, 0.6) is 0 Å². The van der Waals surface area contributed by atoms with E-state index in [0.717, 1.165) is 0 Å². The van der Waals surface area contributed by atoms with E-state index in [1.54, 1.807) is 0 Å². The third-order valence-corrected chi connectivity index (χ3v) is 2.23. The largest absolute Gasteiger partial charge is 0.377 e. The molecule has 2 rings (SSSR count). The van der Waals surface area contributed by atoms with Gasteiger partial charge in [0, 0.05) is 6.54 Å². The molecule has 0 radical (unpaired) electrons. The number of anilines is 1. The second-order valence-electron chi connectivity index (χ2n) is 3.91. The summed E-state index contributed by atoms with van der Waals surface area (Å²) in [5.74, 6) is 0.683. The van der Waals surface area contributed by atoms with Crippen LogP contribution >= 0.6 is 11.6 Å². The van der Waals surface area contributed by atoms with Crippen molar-refractivity contribution in [2.24, 2.45) is 0 Å². The van der Waals surface area contributed by atoms with Gasteiger partial charge >= 0.3 is 0 Å². The third-order valence-electron chi connectivity index (χ3n) is 2.06. The average molecular weight is 284 g/mol. The highest BCUT2D eigenvalue weighted by atomic mass is 35.5. The number of hydrogen-bond donors (Lipinski definition) is 1. The molecule has 0 atom stereocenters. The van der Waals surface area contributed by atoms with Gasteiger partial charge in [-0.25, -0.2) is 4.98 Å². The number of nitrogens with one attached hydrogen (secondary N) is 1. The van der Waals surface area contributed by atoms with Crippen LogP contribution in [0.3, 0.4) is 0 Å². The molecule has 2 aromatic heterocycles. The Morgan fingerprint density at radius 2 is 2.21 bits per heavy atom. The van der Waals surface area contributed by atoms with Crippen LogP contribution in [0.2, 0.25) is 5.28 Å². The molecule has 8 nitrogen and oxygen atoms in total. The monoisotopic (exact) mass is 283 g/mol. The SMILES string of the molecule is CC(C)OCCNc1nc(Cl)nc(-n2cncn2)n1. The lowest BCUT2D eigenvalue weighted by Gasteiger charge is -2.09. The van der Waals surface area contributed by atoms with E-state index in [9.17, 15) is 0 Å². The van der Waals surface area contributed by atoms with Gasteiger partial charge in [-0.05, 0) is 25.4 Å². The maximum Gasteiger partial charge on any atom is 0.258 e. The normalized spacial score (nSPS) is 10.9. The van der Waals surface area contributed by atoms with Crippen LogP contribution in [0.25, 0.3) is 5.95 Å². The van der Waals surface area contributed by atoms with E-state index in [1.165, 1.54) is 17.3 Å². The van der Waals surface area contributed by atoms with Crippen molar-refractivity contribution in [3.63, 3.8) is 0 Å². The van der Waals surface area contributed by atoms with Gasteiger partial charge in [-0.3, -0.25) is 0 Å². The molecule has 0 bridgehead atoms. The number of aromatic nitrogens is 6. The lowest BCUT2D eigenvalue weighted by molar-refractivity contribution is 0.0870. The Labute approximate surface area is 115 Å². The molecule has 9 heteroatoms. The van der Waals surface area contributed by atoms with Gasteiger partial charge in [0.15, 0.2) is 0 Å². The summed E-state index contributed by atoms with van der Waals surface area (Å²) in [6, 6.07) is 0. The number of ether oxygens (including phenoxy) is 1. The predicted octanol–water partition coefficient (Wildman–Crippen LogP) is 0.943. The Bertz CT molecular complexity index is 517. The van der Waals surface area contributed by atoms with Gasteiger partial charge in [0.2, 0.25) is 11.2 Å². The summed E-state index contributed by atoms with van der Waals surface area (Å²) in [7, 11) is 0. The molecule has 2 aromatic rings. The standard InChI is InChI=1S/C10H14ClN7O/c1-7(2)19-4-3-13-9-15-8(11)16-10(17-9)18-6-12-5-14-18/h5-7H,3-4H2,1-2H3,(H,13,15,16,17). The minimum absolute atomic E-state index is 0.0905. The van der Waals surface area contributed by atoms with Crippen LogP contribution in [0.4, 0.5) is 5.95 Å². The highest BCUT2D eigenvalue weighted by Crippen LogP contribution is 2.08. The minimum Gasteiger partial charge on any atom is -0.377 e. The lowest BCUT2D eigenvalue weighted by atomic mass is 10.5. The zero-order valence-corrected chi connectivity index (χ0v) is 11.4. The van der Waals surface area contributed by atoms with Crippen molar-refractivity contribution in [2.45, 2.75) is 20.0 Å². The molecule has 0 aliphatic carbocycles. The maximum absolute atomic E-state index is 5.84. The van der Waals surface area contributed by atoms with Crippen LogP contribution in [-0.4, -0.2) is 49.0 Å². The lowest BCUT2D eigenvalue weighted by Crippen LogP contribution is -2.16. The van der Waals surface area contributed by atoms with E-state index in [2.05, 4.69) is 30.4 Å². The van der Waals surface area contributed by atoms with Crippen LogP contribution < -0.4 is 5.32 Å². The average Bonchev–Trinajstić information content (AvgIpc) is 2.87. The Hall–Kier alpha value is -1.80. The van der Waals surface area contributed by atoms with E-state index >= 15 is 0 Å². The van der Waals surface area contributed by atoms with Crippen molar-refractivity contribution in [2.75, 3.05) is 18.5 Å². The van der Waals surface area contributed by atoms with Gasteiger partial charge in [0.05, 0.1) is 12.7 Å². The van der Waals surface area contributed by atoms with Gasteiger partial charge in [-0.1, -0.05) is 0 Å². The van der Waals surface area contributed by atoms with Crippen molar-refractivity contribution >= 4 is 17.5 Å². The third kappa shape index (κ3) is 4.11. The van der Waals surface area contributed by atoms with Gasteiger partial charge in [0.1, 0.15) is 12.7 Å². The van der Waals surface area contributed by atoms with Crippen molar-refractivity contribution in [1.29, 1.82) is 0 Å². The first-order valence-electron chi connectivity index (χ1n) is 5.77. The number of hydrogen-bond acceptors (Lipinski definition) is 7. The Morgan fingerprint density at radius 3 is 2.89 bits per heavy atom. The summed E-state index contributed by atoms with van der Waals surface area (Å²) >= 11 is 5.84. The minimum atomic E-state index is 0.0905. The second kappa shape index (κ2) is 6.39. The molecule has 0 amide bonds. The molecule has 19 heavy (non-hydrogen) atoms. The topological polar surface area (TPSA) is 90.6 Å². The summed E-state index contributed by atoms with van der Waals surface area (Å²) < 4.78 is 6.81. The Balaban J connectivity index is 2.01. The summed E-state index contributed by atoms with van der Waals surface area (Å²) in [5.41, 5.74) is 0. The first-order chi connectivity index (χ1) is 9.15. The molecule has 0 spiro atoms. The quantitative estimate of drug-likeness (QED) is 0.789. The summed E-state index contributed by atoms with van der Waals surface area (Å²) in [5, 5.41) is 7.03. The van der Waals surface area contributed by atoms with E-state index < -0.39 is 0 Å². The second-order valence-corrected chi connectivity index (χ2v) is 4.25. The molecule has 0 fully saturated rings. The van der Waals surface area contributed by atoms with Crippen molar-refractivity contribution < 1.29 is 4.74 Å². The van der Waals surface area contributed by atoms with Crippen molar-refractivity contribution in [3.05, 3.63) is 17.9 Å². The fraction of sp³-hybridized carbons (Fsp3) is 0.500. The van der Waals surface area contributed by atoms with Gasteiger partial charge in [0.25, 0.3) is 5.95 Å². The molecular formula is C10H14ClN7O. The van der Waals surface area contributed by atoms with E-state index in [1.807, 2.05) is 13.8 Å². The Morgan fingerprint density at radius 1 is 1.37 bits per heavy atom. The summed E-state index contributed by atoms with van der Waals surface area (Å²) in [6.45, 7) is 5.08. The zero-order chi connectivity index (χ0) is 13.7. The van der Waals surface area contributed by atoms with Crippen LogP contribution in [0.15, 0.2) is 12.7 Å². The first-order valence-corrected chi connectivity index (χ1v) is 6.15. The van der Waals surface area contributed by atoms with E-state index in [-0.39, 0.29) is 11.4 Å². The highest BCUT2D eigenvalue weighted by Gasteiger charge is 2.07. The molecular weight excluding hydrogens is 270 g/mol. The number of nitrogens with zero attached hydrogens (tertiary/aromatic N) is 6. The van der Waals surface area contributed by atoms with Crippen LogP contribution in [0.1, 0.15) is 13.8 Å². The first kappa shape index (κ1) is 13.6. The van der Waals surface area contributed by atoms with Gasteiger partial charge in [-0.15, -0.1) is 0 Å². The Kier molecular flexibility index (Phi) is 4.58. The number of halogens is 1. The molecule has 0 aliphatic heterocycles. The fourth-order valence-electron chi connectivity index (χ4n) is 1.29. The smallest absolute Gasteiger partial charge is 0.258 e. The molecule has 0 aromatic carbocycles. The highest BCUT2D eigenvalue weighted by molar-refractivity contribution is 6.28.